The molecular weight excluding hydrogens is 238 g/mol. The maximum atomic E-state index is 11.5. The SMILES string of the molecule is [C-]#[N+]CC(=O)c1ccc(OCc2ccccc2)cc1. The van der Waals surface area contributed by atoms with Gasteiger partial charge >= 0.3 is 0 Å². The minimum Gasteiger partial charge on any atom is -0.489 e. The van der Waals surface area contributed by atoms with Gasteiger partial charge in [0, 0.05) is 5.56 Å². The molecule has 2 rings (SSSR count). The van der Waals surface area contributed by atoms with Crippen molar-refractivity contribution in [1.82, 2.24) is 0 Å². The summed E-state index contributed by atoms with van der Waals surface area (Å²) >= 11 is 0. The lowest BCUT2D eigenvalue weighted by Gasteiger charge is -2.06. The Labute approximate surface area is 112 Å². The lowest BCUT2D eigenvalue weighted by atomic mass is 10.1. The monoisotopic (exact) mass is 251 g/mol. The van der Waals surface area contributed by atoms with Crippen LogP contribution in [0.3, 0.4) is 0 Å². The van der Waals surface area contributed by atoms with E-state index >= 15 is 0 Å². The van der Waals surface area contributed by atoms with Crippen molar-refractivity contribution in [1.29, 1.82) is 0 Å². The third kappa shape index (κ3) is 3.68. The van der Waals surface area contributed by atoms with Gasteiger partial charge in [-0.3, -0.25) is 4.79 Å². The van der Waals surface area contributed by atoms with Crippen LogP contribution in [0.2, 0.25) is 0 Å². The van der Waals surface area contributed by atoms with Crippen molar-refractivity contribution in [3.05, 3.63) is 77.1 Å². The molecule has 3 heteroatoms. The first kappa shape index (κ1) is 12.8. The Bertz CT molecular complexity index is 582. The maximum Gasteiger partial charge on any atom is 0.276 e. The summed E-state index contributed by atoms with van der Waals surface area (Å²) < 4.78 is 5.61. The summed E-state index contributed by atoms with van der Waals surface area (Å²) in [6.45, 7) is 7.05. The van der Waals surface area contributed by atoms with Gasteiger partial charge in [0.15, 0.2) is 0 Å². The zero-order valence-electron chi connectivity index (χ0n) is 10.4. The Kier molecular flexibility index (Phi) is 4.30. The summed E-state index contributed by atoms with van der Waals surface area (Å²) in [7, 11) is 0. The van der Waals surface area contributed by atoms with Crippen LogP contribution >= 0.6 is 0 Å². The number of ether oxygens (including phenoxy) is 1. The van der Waals surface area contributed by atoms with Crippen molar-refractivity contribution in [2.45, 2.75) is 6.61 Å². The Morgan fingerprint density at radius 2 is 1.74 bits per heavy atom. The molecular formula is C16H13NO2. The van der Waals surface area contributed by atoms with Gasteiger partial charge in [-0.15, -0.1) is 0 Å². The van der Waals surface area contributed by atoms with Gasteiger partial charge in [-0.25, -0.2) is 6.57 Å². The Balaban J connectivity index is 1.96. The average molecular weight is 251 g/mol. The molecule has 0 unspecified atom stereocenters. The zero-order chi connectivity index (χ0) is 13.5. The number of hydrogen-bond acceptors (Lipinski definition) is 2. The van der Waals surface area contributed by atoms with E-state index in [0.717, 1.165) is 5.56 Å². The molecule has 0 N–H and O–H groups in total. The molecule has 2 aromatic rings. The Morgan fingerprint density at radius 3 is 2.37 bits per heavy atom. The topological polar surface area (TPSA) is 30.7 Å². The molecule has 0 spiro atoms. The molecule has 0 aromatic heterocycles. The third-order valence-corrected chi connectivity index (χ3v) is 2.65. The maximum absolute atomic E-state index is 11.5. The van der Waals surface area contributed by atoms with Gasteiger partial charge in [0.25, 0.3) is 6.54 Å². The predicted molar refractivity (Wildman–Crippen MR) is 73.0 cm³/mol. The van der Waals surface area contributed by atoms with Gasteiger partial charge in [0.1, 0.15) is 12.4 Å². The third-order valence-electron chi connectivity index (χ3n) is 2.65. The Hall–Kier alpha value is -2.60. The Morgan fingerprint density at radius 1 is 1.05 bits per heavy atom. The molecule has 0 saturated carbocycles. The summed E-state index contributed by atoms with van der Waals surface area (Å²) in [5, 5.41) is 0. The smallest absolute Gasteiger partial charge is 0.276 e. The molecule has 0 saturated heterocycles. The fourth-order valence-corrected chi connectivity index (χ4v) is 1.64. The van der Waals surface area contributed by atoms with Crippen LogP contribution in [0, 0.1) is 6.57 Å². The average Bonchev–Trinajstić information content (AvgIpc) is 2.47. The van der Waals surface area contributed by atoms with E-state index in [2.05, 4.69) is 4.85 Å². The minimum atomic E-state index is -0.162. The van der Waals surface area contributed by atoms with Crippen LogP contribution in [0.4, 0.5) is 0 Å². The standard InChI is InChI=1S/C16H13NO2/c1-17-11-16(18)14-7-9-15(10-8-14)19-12-13-5-3-2-4-6-13/h2-10H,11-12H2. The van der Waals surface area contributed by atoms with Crippen LogP contribution in [-0.4, -0.2) is 12.3 Å². The number of benzene rings is 2. The number of carbonyl (C=O) groups excluding carboxylic acids is 1. The highest BCUT2D eigenvalue weighted by atomic mass is 16.5. The minimum absolute atomic E-state index is 0.107. The second-order valence-electron chi connectivity index (χ2n) is 4.04. The van der Waals surface area contributed by atoms with Gasteiger partial charge in [0.05, 0.1) is 0 Å². The highest BCUT2D eigenvalue weighted by Gasteiger charge is 2.07. The summed E-state index contributed by atoms with van der Waals surface area (Å²) in [5.41, 5.74) is 1.64. The molecule has 19 heavy (non-hydrogen) atoms. The predicted octanol–water partition coefficient (Wildman–Crippen LogP) is 3.37. The van der Waals surface area contributed by atoms with Crippen LogP contribution in [0.1, 0.15) is 15.9 Å². The number of ketones is 1. The fraction of sp³-hybridized carbons (Fsp3) is 0.125. The molecule has 3 nitrogen and oxygen atoms in total. The van der Waals surface area contributed by atoms with E-state index < -0.39 is 0 Å². The summed E-state index contributed by atoms with van der Waals surface area (Å²) in [5.74, 6) is 0.549. The van der Waals surface area contributed by atoms with Gasteiger partial charge in [-0.05, 0) is 29.8 Å². The van der Waals surface area contributed by atoms with Crippen LogP contribution in [0.25, 0.3) is 4.85 Å². The van der Waals surface area contributed by atoms with E-state index in [0.29, 0.717) is 17.9 Å². The van der Waals surface area contributed by atoms with Gasteiger partial charge in [0.2, 0.25) is 5.78 Å². The number of rotatable bonds is 5. The molecule has 0 radical (unpaired) electrons. The molecule has 0 atom stereocenters. The van der Waals surface area contributed by atoms with E-state index in [1.807, 2.05) is 30.3 Å². The molecule has 0 fully saturated rings. The second kappa shape index (κ2) is 6.36. The van der Waals surface area contributed by atoms with E-state index in [1.165, 1.54) is 0 Å². The first-order valence-electron chi connectivity index (χ1n) is 5.93. The quantitative estimate of drug-likeness (QED) is 0.602. The number of nitrogens with zero attached hydrogens (tertiary/aromatic N) is 1. The molecule has 0 aliphatic rings. The molecule has 94 valence electrons. The van der Waals surface area contributed by atoms with Crippen LogP contribution < -0.4 is 4.74 Å². The molecule has 0 amide bonds. The van der Waals surface area contributed by atoms with Crippen molar-refractivity contribution < 1.29 is 9.53 Å². The lowest BCUT2D eigenvalue weighted by molar-refractivity contribution is 0.101. The number of Topliss-reactive ketones (excluding diaryl/α,β-unsaturated/α-hetero) is 1. The van der Waals surface area contributed by atoms with Crippen LogP contribution in [0.15, 0.2) is 54.6 Å². The van der Waals surface area contributed by atoms with E-state index in [4.69, 9.17) is 11.3 Å². The highest BCUT2D eigenvalue weighted by Crippen LogP contribution is 2.14. The lowest BCUT2D eigenvalue weighted by Crippen LogP contribution is -2.01. The molecule has 0 bridgehead atoms. The first-order valence-corrected chi connectivity index (χ1v) is 5.93. The highest BCUT2D eigenvalue weighted by molar-refractivity contribution is 5.98. The van der Waals surface area contributed by atoms with Crippen molar-refractivity contribution in [2.75, 3.05) is 6.54 Å². The van der Waals surface area contributed by atoms with Crippen molar-refractivity contribution >= 4 is 5.78 Å². The summed E-state index contributed by atoms with van der Waals surface area (Å²) in [6, 6.07) is 16.8. The van der Waals surface area contributed by atoms with E-state index in [-0.39, 0.29) is 12.3 Å². The van der Waals surface area contributed by atoms with Crippen molar-refractivity contribution in [3.63, 3.8) is 0 Å². The second-order valence-corrected chi connectivity index (χ2v) is 4.04. The van der Waals surface area contributed by atoms with Crippen molar-refractivity contribution in [2.24, 2.45) is 0 Å². The zero-order valence-corrected chi connectivity index (χ0v) is 10.4. The van der Waals surface area contributed by atoms with Crippen LogP contribution in [-0.2, 0) is 6.61 Å². The fourth-order valence-electron chi connectivity index (χ4n) is 1.64. The van der Waals surface area contributed by atoms with E-state index in [1.54, 1.807) is 24.3 Å². The normalized spacial score (nSPS) is 9.63. The van der Waals surface area contributed by atoms with Gasteiger partial charge < -0.3 is 9.58 Å². The summed E-state index contributed by atoms with van der Waals surface area (Å²) in [6.07, 6.45) is 0. The largest absolute Gasteiger partial charge is 0.489 e. The first-order chi connectivity index (χ1) is 9.29. The van der Waals surface area contributed by atoms with Gasteiger partial charge in [-0.2, -0.15) is 0 Å². The molecule has 0 aliphatic heterocycles. The van der Waals surface area contributed by atoms with Crippen LogP contribution in [0.5, 0.6) is 5.75 Å². The number of hydrogen-bond donors (Lipinski definition) is 0. The molecule has 0 aliphatic carbocycles. The summed E-state index contributed by atoms with van der Waals surface area (Å²) in [4.78, 5) is 14.6. The number of carbonyl (C=O) groups is 1. The molecule has 0 heterocycles. The van der Waals surface area contributed by atoms with Crippen molar-refractivity contribution in [3.8, 4) is 5.75 Å². The van der Waals surface area contributed by atoms with E-state index in [9.17, 15) is 4.79 Å². The van der Waals surface area contributed by atoms with Gasteiger partial charge in [-0.1, -0.05) is 30.3 Å². The molecule has 2 aromatic carbocycles.